The van der Waals surface area contributed by atoms with Crippen molar-refractivity contribution in [3.8, 4) is 22.0 Å². The first-order valence-electron chi connectivity index (χ1n) is 10.2. The number of hydrogen-bond acceptors (Lipinski definition) is 8. The lowest BCUT2D eigenvalue weighted by Crippen LogP contribution is -2.48. The summed E-state index contributed by atoms with van der Waals surface area (Å²) in [7, 11) is 0. The Morgan fingerprint density at radius 3 is 2.59 bits per heavy atom. The Balaban J connectivity index is 1.12. The lowest BCUT2D eigenvalue weighted by Gasteiger charge is -2.33. The van der Waals surface area contributed by atoms with E-state index in [1.807, 2.05) is 27.8 Å². The van der Waals surface area contributed by atoms with Crippen molar-refractivity contribution in [2.24, 2.45) is 0 Å². The maximum Gasteiger partial charge on any atom is 0.241 e. The molecule has 1 aliphatic rings. The number of benzene rings is 1. The van der Waals surface area contributed by atoms with E-state index in [0.717, 1.165) is 34.9 Å². The molecule has 164 valence electrons. The van der Waals surface area contributed by atoms with Crippen LogP contribution in [0.3, 0.4) is 0 Å². The predicted molar refractivity (Wildman–Crippen MR) is 126 cm³/mol. The minimum atomic E-state index is 0.120. The number of carbonyl (C=O) groups excluding carboxylic acids is 1. The van der Waals surface area contributed by atoms with Gasteiger partial charge in [0.25, 0.3) is 0 Å². The monoisotopic (exact) mass is 485 g/mol. The Hall–Kier alpha value is -2.59. The van der Waals surface area contributed by atoms with Gasteiger partial charge >= 0.3 is 0 Å². The topological polar surface area (TPSA) is 75.4 Å². The van der Waals surface area contributed by atoms with Gasteiger partial charge in [-0.3, -0.25) is 9.69 Å². The Bertz CT molecular complexity index is 1180. The van der Waals surface area contributed by atoms with Crippen LogP contribution < -0.4 is 0 Å². The van der Waals surface area contributed by atoms with Crippen molar-refractivity contribution in [3.05, 3.63) is 63.1 Å². The number of aromatic nitrogens is 3. The van der Waals surface area contributed by atoms with Crippen molar-refractivity contribution in [2.45, 2.75) is 13.0 Å². The number of hydrogen-bond donors (Lipinski definition) is 0. The molecule has 1 aliphatic heterocycles. The maximum atomic E-state index is 12.7. The van der Waals surface area contributed by atoms with Gasteiger partial charge < -0.3 is 9.42 Å². The fraction of sp³-hybridized carbons (Fsp3) is 0.273. The van der Waals surface area contributed by atoms with Gasteiger partial charge in [0.05, 0.1) is 18.7 Å². The van der Waals surface area contributed by atoms with Crippen LogP contribution in [0.1, 0.15) is 11.6 Å². The first-order valence-corrected chi connectivity index (χ1v) is 12.4. The quantitative estimate of drug-likeness (QED) is 0.401. The second kappa shape index (κ2) is 9.50. The van der Waals surface area contributed by atoms with Gasteiger partial charge in [0.15, 0.2) is 0 Å². The number of piperazine rings is 1. The Morgan fingerprint density at radius 2 is 1.84 bits per heavy atom. The molecule has 0 atom stereocenters. The van der Waals surface area contributed by atoms with Crippen molar-refractivity contribution >= 4 is 40.2 Å². The van der Waals surface area contributed by atoms with Gasteiger partial charge in [0.2, 0.25) is 17.6 Å². The molecular formula is C22H20ClN5O2S2. The summed E-state index contributed by atoms with van der Waals surface area (Å²) >= 11 is 9.17. The molecule has 10 heteroatoms. The molecule has 7 nitrogen and oxygen atoms in total. The zero-order valence-corrected chi connectivity index (χ0v) is 19.5. The van der Waals surface area contributed by atoms with Crippen LogP contribution in [0.25, 0.3) is 22.0 Å². The summed E-state index contributed by atoms with van der Waals surface area (Å²) in [6.07, 6.45) is 0.342. The summed E-state index contributed by atoms with van der Waals surface area (Å²) < 4.78 is 5.42. The van der Waals surface area contributed by atoms with Crippen LogP contribution in [0.15, 0.2) is 51.0 Å². The minimum absolute atomic E-state index is 0.120. The third-order valence-corrected chi connectivity index (χ3v) is 7.18. The molecule has 0 saturated carbocycles. The molecule has 32 heavy (non-hydrogen) atoms. The molecule has 5 rings (SSSR count). The van der Waals surface area contributed by atoms with Gasteiger partial charge in [-0.15, -0.1) is 11.3 Å². The number of halogens is 1. The number of thiazole rings is 1. The molecule has 4 aromatic rings. The van der Waals surface area contributed by atoms with E-state index >= 15 is 0 Å². The van der Waals surface area contributed by atoms with E-state index in [0.29, 0.717) is 42.8 Å². The van der Waals surface area contributed by atoms with E-state index in [4.69, 9.17) is 16.1 Å². The summed E-state index contributed by atoms with van der Waals surface area (Å²) in [5.41, 5.74) is 2.82. The van der Waals surface area contributed by atoms with Crippen LogP contribution in [-0.2, 0) is 17.8 Å². The van der Waals surface area contributed by atoms with Crippen LogP contribution in [0.5, 0.6) is 0 Å². The van der Waals surface area contributed by atoms with Crippen molar-refractivity contribution in [1.29, 1.82) is 0 Å². The summed E-state index contributed by atoms with van der Waals surface area (Å²) in [6, 6.07) is 9.39. The van der Waals surface area contributed by atoms with Gasteiger partial charge in [0.1, 0.15) is 5.01 Å². The van der Waals surface area contributed by atoms with Crippen LogP contribution in [-0.4, -0.2) is 57.0 Å². The molecule has 1 amide bonds. The lowest BCUT2D eigenvalue weighted by molar-refractivity contribution is -0.132. The van der Waals surface area contributed by atoms with E-state index in [-0.39, 0.29) is 5.91 Å². The molecule has 1 fully saturated rings. The van der Waals surface area contributed by atoms with E-state index in [1.54, 1.807) is 34.8 Å². The summed E-state index contributed by atoms with van der Waals surface area (Å²) in [6.45, 7) is 3.46. The number of amides is 1. The standard InChI is InChI=1S/C22H20ClN5O2S2/c23-17-3-1-15(2-4-17)21-25-19(30-26-21)12-27-6-8-28(9-7-27)20(29)11-18-14-32-22(24-18)16-5-10-31-13-16/h1-5,10,13-14H,6-9,11-12H2. The second-order valence-electron chi connectivity index (χ2n) is 7.51. The third kappa shape index (κ3) is 4.91. The summed E-state index contributed by atoms with van der Waals surface area (Å²) in [4.78, 5) is 26.0. The number of nitrogens with zero attached hydrogens (tertiary/aromatic N) is 5. The highest BCUT2D eigenvalue weighted by atomic mass is 35.5. The predicted octanol–water partition coefficient (Wildman–Crippen LogP) is 4.46. The highest BCUT2D eigenvalue weighted by Crippen LogP contribution is 2.26. The number of carbonyl (C=O) groups is 1. The van der Waals surface area contributed by atoms with Gasteiger partial charge in [-0.1, -0.05) is 16.8 Å². The summed E-state index contributed by atoms with van der Waals surface area (Å²) in [5.74, 6) is 1.24. The van der Waals surface area contributed by atoms with E-state index in [9.17, 15) is 4.79 Å². The van der Waals surface area contributed by atoms with E-state index < -0.39 is 0 Å². The van der Waals surface area contributed by atoms with Gasteiger partial charge in [-0.25, -0.2) is 4.98 Å². The largest absolute Gasteiger partial charge is 0.340 e. The van der Waals surface area contributed by atoms with Crippen LogP contribution in [0, 0.1) is 0 Å². The van der Waals surface area contributed by atoms with Gasteiger partial charge in [-0.2, -0.15) is 16.3 Å². The summed E-state index contributed by atoms with van der Waals surface area (Å²) in [5, 5.41) is 11.8. The molecule has 0 radical (unpaired) electrons. The Kier molecular flexibility index (Phi) is 6.31. The molecule has 1 saturated heterocycles. The van der Waals surface area contributed by atoms with Crippen LogP contribution in [0.4, 0.5) is 0 Å². The first kappa shape index (κ1) is 21.3. The van der Waals surface area contributed by atoms with E-state index in [2.05, 4.69) is 31.5 Å². The van der Waals surface area contributed by atoms with Gasteiger partial charge in [-0.05, 0) is 35.7 Å². The zero-order chi connectivity index (χ0) is 21.9. The smallest absolute Gasteiger partial charge is 0.241 e. The average Bonchev–Trinajstić information content (AvgIpc) is 3.57. The normalized spacial score (nSPS) is 14.7. The molecule has 0 N–H and O–H groups in total. The van der Waals surface area contributed by atoms with E-state index in [1.165, 1.54) is 0 Å². The highest BCUT2D eigenvalue weighted by molar-refractivity contribution is 7.14. The lowest BCUT2D eigenvalue weighted by atomic mass is 10.2. The molecule has 1 aromatic carbocycles. The molecular weight excluding hydrogens is 466 g/mol. The third-order valence-electron chi connectivity index (χ3n) is 5.31. The molecule has 4 heterocycles. The van der Waals surface area contributed by atoms with Crippen LogP contribution >= 0.6 is 34.3 Å². The Labute approximate surface area is 198 Å². The van der Waals surface area contributed by atoms with Crippen molar-refractivity contribution in [2.75, 3.05) is 26.2 Å². The van der Waals surface area contributed by atoms with Crippen molar-refractivity contribution < 1.29 is 9.32 Å². The first-order chi connectivity index (χ1) is 15.6. The fourth-order valence-corrected chi connectivity index (χ4v) is 5.21. The SMILES string of the molecule is O=C(Cc1csc(-c2ccsc2)n1)N1CCN(Cc2nc(-c3ccc(Cl)cc3)no2)CC1. The minimum Gasteiger partial charge on any atom is -0.340 e. The number of rotatable bonds is 6. The number of thiophene rings is 1. The molecule has 3 aromatic heterocycles. The van der Waals surface area contributed by atoms with Crippen molar-refractivity contribution in [3.63, 3.8) is 0 Å². The zero-order valence-electron chi connectivity index (χ0n) is 17.1. The molecule has 0 unspecified atom stereocenters. The van der Waals surface area contributed by atoms with Crippen molar-refractivity contribution in [1.82, 2.24) is 24.9 Å². The van der Waals surface area contributed by atoms with Gasteiger partial charge in [0, 0.05) is 53.1 Å². The highest BCUT2D eigenvalue weighted by Gasteiger charge is 2.23. The van der Waals surface area contributed by atoms with Crippen LogP contribution in [0.2, 0.25) is 5.02 Å². The Morgan fingerprint density at radius 1 is 1.03 bits per heavy atom. The molecule has 0 aliphatic carbocycles. The molecule has 0 bridgehead atoms. The molecule has 0 spiro atoms. The second-order valence-corrected chi connectivity index (χ2v) is 9.58. The fourth-order valence-electron chi connectivity index (χ4n) is 3.56. The maximum absolute atomic E-state index is 12.7. The average molecular weight is 486 g/mol.